The second-order valence-electron chi connectivity index (χ2n) is 6.27. The fraction of sp³-hybridized carbons (Fsp3) is 0.556. The van der Waals surface area contributed by atoms with Crippen molar-refractivity contribution >= 4 is 17.5 Å². The summed E-state index contributed by atoms with van der Waals surface area (Å²) in [7, 11) is 0. The van der Waals surface area contributed by atoms with Crippen LogP contribution in [0.15, 0.2) is 24.3 Å². The summed E-state index contributed by atoms with van der Waals surface area (Å²) in [6.45, 7) is 2.49. The first-order valence-electron chi connectivity index (χ1n) is 8.61. The van der Waals surface area contributed by atoms with Crippen LogP contribution in [0.2, 0.25) is 0 Å². The molecule has 0 bridgehead atoms. The normalized spacial score (nSPS) is 21.4. The number of anilines is 1. The standard InChI is InChI=1S/C18H24N2O4/c21-17(13-7-10-23-11-8-13)20-16-6-2-1-5-15(16)18(22)19-12-14-4-3-9-24-14/h1-2,5-6,13-14H,3-4,7-12H2,(H,19,22)(H,20,21). The average Bonchev–Trinajstić information content (AvgIpc) is 3.14. The molecule has 1 aromatic rings. The summed E-state index contributed by atoms with van der Waals surface area (Å²) < 4.78 is 10.8. The van der Waals surface area contributed by atoms with Crippen molar-refractivity contribution in [3.05, 3.63) is 29.8 Å². The summed E-state index contributed by atoms with van der Waals surface area (Å²) in [6, 6.07) is 7.10. The van der Waals surface area contributed by atoms with Crippen LogP contribution in [0, 0.1) is 5.92 Å². The molecule has 0 aromatic heterocycles. The molecule has 130 valence electrons. The van der Waals surface area contributed by atoms with Gasteiger partial charge in [-0.05, 0) is 37.8 Å². The van der Waals surface area contributed by atoms with E-state index in [1.165, 1.54) is 0 Å². The highest BCUT2D eigenvalue weighted by Crippen LogP contribution is 2.20. The minimum atomic E-state index is -0.187. The number of nitrogens with one attached hydrogen (secondary N) is 2. The molecule has 1 atom stereocenters. The second-order valence-corrected chi connectivity index (χ2v) is 6.27. The van der Waals surface area contributed by atoms with E-state index in [9.17, 15) is 9.59 Å². The van der Waals surface area contributed by atoms with Gasteiger partial charge in [-0.15, -0.1) is 0 Å². The van der Waals surface area contributed by atoms with Gasteiger partial charge in [0.1, 0.15) is 0 Å². The maximum atomic E-state index is 12.4. The van der Waals surface area contributed by atoms with Crippen molar-refractivity contribution in [3.8, 4) is 0 Å². The number of para-hydroxylation sites is 1. The van der Waals surface area contributed by atoms with Gasteiger partial charge in [0, 0.05) is 32.3 Å². The number of hydrogen-bond acceptors (Lipinski definition) is 4. The molecule has 2 aliphatic rings. The van der Waals surface area contributed by atoms with Gasteiger partial charge in [-0.25, -0.2) is 0 Å². The Kier molecular flexibility index (Phi) is 5.82. The van der Waals surface area contributed by atoms with E-state index in [0.717, 1.165) is 32.3 Å². The molecule has 0 saturated carbocycles. The van der Waals surface area contributed by atoms with E-state index >= 15 is 0 Å². The van der Waals surface area contributed by atoms with Crippen molar-refractivity contribution in [3.63, 3.8) is 0 Å². The lowest BCUT2D eigenvalue weighted by Gasteiger charge is -2.22. The number of carbonyl (C=O) groups excluding carboxylic acids is 2. The van der Waals surface area contributed by atoms with Crippen LogP contribution in [0.25, 0.3) is 0 Å². The summed E-state index contributed by atoms with van der Waals surface area (Å²) in [4.78, 5) is 24.8. The maximum Gasteiger partial charge on any atom is 0.253 e. The van der Waals surface area contributed by atoms with Crippen LogP contribution in [-0.4, -0.2) is 44.3 Å². The first-order chi connectivity index (χ1) is 11.7. The van der Waals surface area contributed by atoms with Crippen molar-refractivity contribution in [1.29, 1.82) is 0 Å². The topological polar surface area (TPSA) is 76.7 Å². The number of benzene rings is 1. The molecule has 0 spiro atoms. The smallest absolute Gasteiger partial charge is 0.253 e. The summed E-state index contributed by atoms with van der Waals surface area (Å²) in [6.07, 6.45) is 3.55. The average molecular weight is 332 g/mol. The van der Waals surface area contributed by atoms with Gasteiger partial charge in [0.05, 0.1) is 17.4 Å². The van der Waals surface area contributed by atoms with E-state index in [-0.39, 0.29) is 23.8 Å². The lowest BCUT2D eigenvalue weighted by Crippen LogP contribution is -2.33. The summed E-state index contributed by atoms with van der Waals surface area (Å²) >= 11 is 0. The third-order valence-corrected chi connectivity index (χ3v) is 4.54. The van der Waals surface area contributed by atoms with Crippen LogP contribution < -0.4 is 10.6 Å². The Balaban J connectivity index is 1.61. The van der Waals surface area contributed by atoms with Gasteiger partial charge < -0.3 is 20.1 Å². The molecule has 6 heteroatoms. The number of hydrogen-bond donors (Lipinski definition) is 2. The number of ether oxygens (including phenoxy) is 2. The van der Waals surface area contributed by atoms with Crippen LogP contribution in [-0.2, 0) is 14.3 Å². The minimum Gasteiger partial charge on any atom is -0.381 e. The largest absolute Gasteiger partial charge is 0.381 e. The quantitative estimate of drug-likeness (QED) is 0.864. The van der Waals surface area contributed by atoms with E-state index in [4.69, 9.17) is 9.47 Å². The zero-order chi connectivity index (χ0) is 16.8. The Hall–Kier alpha value is -1.92. The molecule has 6 nitrogen and oxygen atoms in total. The Morgan fingerprint density at radius 2 is 1.88 bits per heavy atom. The molecule has 2 amide bonds. The van der Waals surface area contributed by atoms with Crippen molar-refractivity contribution in [2.24, 2.45) is 5.92 Å². The number of amides is 2. The van der Waals surface area contributed by atoms with Gasteiger partial charge in [0.2, 0.25) is 5.91 Å². The van der Waals surface area contributed by atoms with E-state index < -0.39 is 0 Å². The Bertz CT molecular complexity index is 578. The molecule has 0 radical (unpaired) electrons. The van der Waals surface area contributed by atoms with Crippen LogP contribution in [0.1, 0.15) is 36.0 Å². The third kappa shape index (κ3) is 4.33. The van der Waals surface area contributed by atoms with Gasteiger partial charge in [-0.3, -0.25) is 9.59 Å². The fourth-order valence-electron chi connectivity index (χ4n) is 3.09. The molecular formula is C18H24N2O4. The highest BCUT2D eigenvalue weighted by atomic mass is 16.5. The van der Waals surface area contributed by atoms with Crippen molar-refractivity contribution in [2.75, 3.05) is 31.7 Å². The van der Waals surface area contributed by atoms with Gasteiger partial charge in [-0.2, -0.15) is 0 Å². The summed E-state index contributed by atoms with van der Waals surface area (Å²) in [5, 5.41) is 5.80. The zero-order valence-corrected chi connectivity index (χ0v) is 13.8. The van der Waals surface area contributed by atoms with Crippen LogP contribution in [0.4, 0.5) is 5.69 Å². The summed E-state index contributed by atoms with van der Waals surface area (Å²) in [5.74, 6) is -0.284. The van der Waals surface area contributed by atoms with E-state index in [0.29, 0.717) is 31.0 Å². The van der Waals surface area contributed by atoms with Gasteiger partial charge in [-0.1, -0.05) is 12.1 Å². The molecule has 2 fully saturated rings. The van der Waals surface area contributed by atoms with Gasteiger partial charge in [0.15, 0.2) is 0 Å². The zero-order valence-electron chi connectivity index (χ0n) is 13.8. The predicted octanol–water partition coefficient (Wildman–Crippen LogP) is 1.96. The maximum absolute atomic E-state index is 12.4. The fourth-order valence-corrected chi connectivity index (χ4v) is 3.09. The molecular weight excluding hydrogens is 308 g/mol. The van der Waals surface area contributed by atoms with Gasteiger partial charge in [0.25, 0.3) is 5.91 Å². The van der Waals surface area contributed by atoms with E-state index in [2.05, 4.69) is 10.6 Å². The molecule has 2 N–H and O–H groups in total. The first kappa shape index (κ1) is 16.9. The highest BCUT2D eigenvalue weighted by molar-refractivity contribution is 6.04. The lowest BCUT2D eigenvalue weighted by molar-refractivity contribution is -0.122. The van der Waals surface area contributed by atoms with Crippen molar-refractivity contribution in [1.82, 2.24) is 5.32 Å². The van der Waals surface area contributed by atoms with E-state index in [1.54, 1.807) is 18.2 Å². The number of rotatable bonds is 5. The molecule has 2 aliphatic heterocycles. The SMILES string of the molecule is O=C(NCC1CCCO1)c1ccccc1NC(=O)C1CCOCC1. The third-order valence-electron chi connectivity index (χ3n) is 4.54. The van der Waals surface area contributed by atoms with Crippen LogP contribution in [0.3, 0.4) is 0 Å². The summed E-state index contributed by atoms with van der Waals surface area (Å²) in [5.41, 5.74) is 1.04. The first-order valence-corrected chi connectivity index (χ1v) is 8.61. The van der Waals surface area contributed by atoms with Crippen LogP contribution >= 0.6 is 0 Å². The number of carbonyl (C=O) groups is 2. The minimum absolute atomic E-state index is 0.0438. The molecule has 0 aliphatic carbocycles. The Labute approximate surface area is 141 Å². The van der Waals surface area contributed by atoms with E-state index in [1.807, 2.05) is 6.07 Å². The molecule has 24 heavy (non-hydrogen) atoms. The second kappa shape index (κ2) is 8.26. The van der Waals surface area contributed by atoms with Crippen molar-refractivity contribution < 1.29 is 19.1 Å². The predicted molar refractivity (Wildman–Crippen MR) is 89.9 cm³/mol. The Morgan fingerprint density at radius 1 is 1.08 bits per heavy atom. The molecule has 1 unspecified atom stereocenters. The monoisotopic (exact) mass is 332 g/mol. The van der Waals surface area contributed by atoms with Crippen molar-refractivity contribution in [2.45, 2.75) is 31.8 Å². The molecule has 2 saturated heterocycles. The molecule has 2 heterocycles. The molecule has 3 rings (SSSR count). The van der Waals surface area contributed by atoms with Crippen LogP contribution in [0.5, 0.6) is 0 Å². The molecule has 1 aromatic carbocycles. The Morgan fingerprint density at radius 3 is 2.62 bits per heavy atom. The van der Waals surface area contributed by atoms with Gasteiger partial charge >= 0.3 is 0 Å². The highest BCUT2D eigenvalue weighted by Gasteiger charge is 2.23. The lowest BCUT2D eigenvalue weighted by atomic mass is 9.99.